The van der Waals surface area contributed by atoms with E-state index in [4.69, 9.17) is 4.74 Å². The van der Waals surface area contributed by atoms with Crippen molar-refractivity contribution in [3.05, 3.63) is 0 Å². The number of methoxy groups -OCH3 is 1. The number of rotatable bonds is 6. The summed E-state index contributed by atoms with van der Waals surface area (Å²) in [5.74, 6) is 0.0529. The highest BCUT2D eigenvalue weighted by Gasteiger charge is 2.19. The zero-order valence-corrected chi connectivity index (χ0v) is 11.0. The van der Waals surface area contributed by atoms with E-state index in [1.807, 2.05) is 27.8 Å². The Morgan fingerprint density at radius 1 is 1.47 bits per heavy atom. The highest BCUT2D eigenvalue weighted by molar-refractivity contribution is 5.85. The van der Waals surface area contributed by atoms with E-state index in [0.717, 1.165) is 0 Å². The van der Waals surface area contributed by atoms with E-state index in [-0.39, 0.29) is 29.8 Å². The number of ether oxygens (including phenoxy) is 1. The number of carbonyl (C=O) groups excluding carboxylic acids is 1. The van der Waals surface area contributed by atoms with E-state index in [2.05, 4.69) is 10.6 Å². The van der Waals surface area contributed by atoms with E-state index >= 15 is 0 Å². The quantitative estimate of drug-likeness (QED) is 0.720. The van der Waals surface area contributed by atoms with Crippen LogP contribution in [0.5, 0.6) is 0 Å². The lowest BCUT2D eigenvalue weighted by Crippen LogP contribution is -2.43. The molecule has 0 bridgehead atoms. The number of hydrogen-bond acceptors (Lipinski definition) is 3. The van der Waals surface area contributed by atoms with Gasteiger partial charge in [0.05, 0.1) is 5.60 Å². The molecule has 0 aromatic rings. The first-order valence-electron chi connectivity index (χ1n) is 4.90. The Morgan fingerprint density at radius 2 is 2.00 bits per heavy atom. The van der Waals surface area contributed by atoms with Gasteiger partial charge in [-0.05, 0) is 20.9 Å². The van der Waals surface area contributed by atoms with Crippen molar-refractivity contribution in [1.29, 1.82) is 0 Å². The average molecular weight is 239 g/mol. The molecule has 0 aliphatic carbocycles. The van der Waals surface area contributed by atoms with Crippen LogP contribution in [-0.4, -0.2) is 38.8 Å². The zero-order valence-electron chi connectivity index (χ0n) is 10.2. The highest BCUT2D eigenvalue weighted by Crippen LogP contribution is 2.05. The van der Waals surface area contributed by atoms with Gasteiger partial charge >= 0.3 is 0 Å². The summed E-state index contributed by atoms with van der Waals surface area (Å²) in [4.78, 5) is 11.5. The second-order valence-corrected chi connectivity index (χ2v) is 4.14. The normalized spacial score (nSPS) is 12.9. The summed E-state index contributed by atoms with van der Waals surface area (Å²) in [6, 6.07) is 0. The second kappa shape index (κ2) is 7.91. The largest absolute Gasteiger partial charge is 0.377 e. The van der Waals surface area contributed by atoms with Crippen LogP contribution in [0.25, 0.3) is 0 Å². The molecule has 0 radical (unpaired) electrons. The molecule has 1 unspecified atom stereocenters. The predicted molar refractivity (Wildman–Crippen MR) is 64.4 cm³/mol. The number of amides is 1. The molecule has 15 heavy (non-hydrogen) atoms. The molecule has 4 nitrogen and oxygen atoms in total. The molecular formula is C10H23ClN2O2. The lowest BCUT2D eigenvalue weighted by atomic mass is 10.1. The van der Waals surface area contributed by atoms with Gasteiger partial charge in [0.15, 0.2) is 0 Å². The fraction of sp³-hybridized carbons (Fsp3) is 0.900. The van der Waals surface area contributed by atoms with Crippen molar-refractivity contribution in [3.8, 4) is 0 Å². The third-order valence-electron chi connectivity index (χ3n) is 2.20. The molecule has 0 aromatic carbocycles. The minimum absolute atomic E-state index is 0. The van der Waals surface area contributed by atoms with Gasteiger partial charge in [0.25, 0.3) is 0 Å². The van der Waals surface area contributed by atoms with Crippen molar-refractivity contribution < 1.29 is 9.53 Å². The van der Waals surface area contributed by atoms with Crippen LogP contribution in [0.2, 0.25) is 0 Å². The zero-order chi connectivity index (χ0) is 11.2. The Bertz CT molecular complexity index is 186. The SMILES string of the molecule is CNCC(C)C(=O)NCC(C)(C)OC.Cl. The van der Waals surface area contributed by atoms with Crippen molar-refractivity contribution in [2.45, 2.75) is 26.4 Å². The van der Waals surface area contributed by atoms with Gasteiger partial charge in [-0.15, -0.1) is 12.4 Å². The van der Waals surface area contributed by atoms with Crippen LogP contribution >= 0.6 is 12.4 Å². The Kier molecular flexibility index (Phi) is 9.01. The molecule has 0 saturated heterocycles. The molecule has 0 aromatic heterocycles. The topological polar surface area (TPSA) is 50.4 Å². The van der Waals surface area contributed by atoms with Gasteiger partial charge in [-0.3, -0.25) is 4.79 Å². The minimum atomic E-state index is -0.297. The Balaban J connectivity index is 0. The van der Waals surface area contributed by atoms with Crippen molar-refractivity contribution in [3.63, 3.8) is 0 Å². The minimum Gasteiger partial charge on any atom is -0.377 e. The van der Waals surface area contributed by atoms with Crippen LogP contribution in [-0.2, 0) is 9.53 Å². The van der Waals surface area contributed by atoms with Crippen molar-refractivity contribution >= 4 is 18.3 Å². The van der Waals surface area contributed by atoms with Gasteiger partial charge < -0.3 is 15.4 Å². The van der Waals surface area contributed by atoms with Crippen LogP contribution in [0, 0.1) is 5.92 Å². The lowest BCUT2D eigenvalue weighted by Gasteiger charge is -2.24. The number of halogens is 1. The standard InChI is InChI=1S/C10H22N2O2.ClH/c1-8(6-11-4)9(13)12-7-10(2,3)14-5;/h8,11H,6-7H2,1-5H3,(H,12,13);1H. The van der Waals surface area contributed by atoms with Crippen LogP contribution in [0.15, 0.2) is 0 Å². The van der Waals surface area contributed by atoms with E-state index in [9.17, 15) is 4.79 Å². The highest BCUT2D eigenvalue weighted by atomic mass is 35.5. The van der Waals surface area contributed by atoms with E-state index < -0.39 is 0 Å². The maximum atomic E-state index is 11.5. The maximum absolute atomic E-state index is 11.5. The third kappa shape index (κ3) is 7.59. The third-order valence-corrected chi connectivity index (χ3v) is 2.20. The van der Waals surface area contributed by atoms with Gasteiger partial charge in [-0.1, -0.05) is 6.92 Å². The van der Waals surface area contributed by atoms with E-state index in [0.29, 0.717) is 13.1 Å². The molecule has 0 aliphatic rings. The molecule has 0 rings (SSSR count). The maximum Gasteiger partial charge on any atom is 0.224 e. The first kappa shape index (κ1) is 17.1. The summed E-state index contributed by atoms with van der Waals surface area (Å²) < 4.78 is 5.20. The summed E-state index contributed by atoms with van der Waals surface area (Å²) in [5.41, 5.74) is -0.297. The Hall–Kier alpha value is -0.320. The summed E-state index contributed by atoms with van der Waals surface area (Å²) >= 11 is 0. The lowest BCUT2D eigenvalue weighted by molar-refractivity contribution is -0.125. The van der Waals surface area contributed by atoms with E-state index in [1.54, 1.807) is 7.11 Å². The molecule has 0 spiro atoms. The summed E-state index contributed by atoms with van der Waals surface area (Å²) in [6.45, 7) is 7.01. The summed E-state index contributed by atoms with van der Waals surface area (Å²) in [5, 5.41) is 5.82. The van der Waals surface area contributed by atoms with Crippen molar-refractivity contribution in [2.75, 3.05) is 27.2 Å². The number of hydrogen-bond donors (Lipinski definition) is 2. The predicted octanol–water partition coefficient (Wildman–Crippen LogP) is 0.805. The van der Waals surface area contributed by atoms with Crippen LogP contribution < -0.4 is 10.6 Å². The monoisotopic (exact) mass is 238 g/mol. The Labute approximate surface area is 98.6 Å². The van der Waals surface area contributed by atoms with Crippen molar-refractivity contribution in [2.24, 2.45) is 5.92 Å². The molecule has 1 atom stereocenters. The van der Waals surface area contributed by atoms with Crippen LogP contribution in [0.3, 0.4) is 0 Å². The van der Waals surface area contributed by atoms with Crippen molar-refractivity contribution in [1.82, 2.24) is 10.6 Å². The summed E-state index contributed by atoms with van der Waals surface area (Å²) in [6.07, 6.45) is 0. The van der Waals surface area contributed by atoms with Gasteiger partial charge in [0, 0.05) is 26.1 Å². The molecule has 0 saturated carbocycles. The molecule has 0 aliphatic heterocycles. The smallest absolute Gasteiger partial charge is 0.224 e. The first-order chi connectivity index (χ1) is 6.43. The fourth-order valence-corrected chi connectivity index (χ4v) is 0.945. The molecule has 0 heterocycles. The van der Waals surface area contributed by atoms with E-state index in [1.165, 1.54) is 0 Å². The van der Waals surface area contributed by atoms with Crippen LogP contribution in [0.4, 0.5) is 0 Å². The van der Waals surface area contributed by atoms with Gasteiger partial charge in [-0.2, -0.15) is 0 Å². The molecule has 2 N–H and O–H groups in total. The average Bonchev–Trinajstić information content (AvgIpc) is 2.15. The van der Waals surface area contributed by atoms with Gasteiger partial charge in [0.1, 0.15) is 0 Å². The fourth-order valence-electron chi connectivity index (χ4n) is 0.945. The van der Waals surface area contributed by atoms with Crippen LogP contribution in [0.1, 0.15) is 20.8 Å². The second-order valence-electron chi connectivity index (χ2n) is 4.14. The van der Waals surface area contributed by atoms with Gasteiger partial charge in [0.2, 0.25) is 5.91 Å². The number of carbonyl (C=O) groups is 1. The molecule has 92 valence electrons. The van der Waals surface area contributed by atoms with Gasteiger partial charge in [-0.25, -0.2) is 0 Å². The molecular weight excluding hydrogens is 216 g/mol. The summed E-state index contributed by atoms with van der Waals surface area (Å²) in [7, 11) is 3.48. The Morgan fingerprint density at radius 3 is 2.40 bits per heavy atom. The molecule has 0 fully saturated rings. The molecule has 5 heteroatoms. The number of nitrogens with one attached hydrogen (secondary N) is 2. The first-order valence-corrected chi connectivity index (χ1v) is 4.90. The molecule has 1 amide bonds.